The second-order valence-electron chi connectivity index (χ2n) is 3.44. The van der Waals surface area contributed by atoms with Crippen molar-refractivity contribution in [3.8, 4) is 0 Å². The van der Waals surface area contributed by atoms with Crippen LogP contribution in [0.25, 0.3) is 0 Å². The van der Waals surface area contributed by atoms with Gasteiger partial charge in [0.2, 0.25) is 0 Å². The first-order valence-corrected chi connectivity index (χ1v) is 5.00. The molecule has 0 bridgehead atoms. The Bertz CT molecular complexity index is 333. The van der Waals surface area contributed by atoms with Gasteiger partial charge in [-0.1, -0.05) is 0 Å². The first-order chi connectivity index (χ1) is 7.15. The van der Waals surface area contributed by atoms with Crippen molar-refractivity contribution in [3.05, 3.63) is 11.9 Å². The summed E-state index contributed by atoms with van der Waals surface area (Å²) in [6.07, 6.45) is 3.82. The van der Waals surface area contributed by atoms with Crippen LogP contribution in [0.5, 0.6) is 0 Å². The van der Waals surface area contributed by atoms with Gasteiger partial charge in [0.1, 0.15) is 0 Å². The van der Waals surface area contributed by atoms with Gasteiger partial charge >= 0.3 is 5.97 Å². The van der Waals surface area contributed by atoms with E-state index in [1.807, 2.05) is 11.6 Å². The van der Waals surface area contributed by atoms with Crippen LogP contribution in [-0.2, 0) is 16.1 Å². The number of nitrogen functional groups attached to an aromatic ring is 1. The summed E-state index contributed by atoms with van der Waals surface area (Å²) in [5.74, 6) is -0.160. The van der Waals surface area contributed by atoms with E-state index in [2.05, 4.69) is 9.84 Å². The molecule has 0 radical (unpaired) electrons. The molecule has 15 heavy (non-hydrogen) atoms. The van der Waals surface area contributed by atoms with E-state index >= 15 is 0 Å². The number of carbonyl (C=O) groups is 1. The summed E-state index contributed by atoms with van der Waals surface area (Å²) in [7, 11) is 1.40. The molecule has 0 aliphatic heterocycles. The lowest BCUT2D eigenvalue weighted by Crippen LogP contribution is -2.05. The third-order valence-corrected chi connectivity index (χ3v) is 2.37. The van der Waals surface area contributed by atoms with E-state index < -0.39 is 0 Å². The summed E-state index contributed by atoms with van der Waals surface area (Å²) in [4.78, 5) is 10.8. The summed E-state index contributed by atoms with van der Waals surface area (Å²) in [6.45, 7) is 2.72. The molecular formula is C10H17N3O2. The van der Waals surface area contributed by atoms with Crippen molar-refractivity contribution in [2.24, 2.45) is 0 Å². The second kappa shape index (κ2) is 5.38. The topological polar surface area (TPSA) is 70.1 Å². The van der Waals surface area contributed by atoms with E-state index in [0.717, 1.165) is 25.1 Å². The molecule has 0 fully saturated rings. The maximum absolute atomic E-state index is 10.8. The summed E-state index contributed by atoms with van der Waals surface area (Å²) in [5.41, 5.74) is 7.35. The molecule has 1 aromatic rings. The van der Waals surface area contributed by atoms with Gasteiger partial charge in [0.15, 0.2) is 0 Å². The molecule has 0 aliphatic carbocycles. The Balaban J connectivity index is 2.26. The molecule has 0 unspecified atom stereocenters. The van der Waals surface area contributed by atoms with Crippen molar-refractivity contribution < 1.29 is 9.53 Å². The van der Waals surface area contributed by atoms with Gasteiger partial charge < -0.3 is 10.5 Å². The highest BCUT2D eigenvalue weighted by atomic mass is 16.5. The number of anilines is 1. The quantitative estimate of drug-likeness (QED) is 0.585. The van der Waals surface area contributed by atoms with Gasteiger partial charge in [-0.15, -0.1) is 0 Å². The Kier molecular flexibility index (Phi) is 4.15. The Labute approximate surface area is 89.2 Å². The molecular weight excluding hydrogens is 194 g/mol. The Morgan fingerprint density at radius 3 is 2.87 bits per heavy atom. The highest BCUT2D eigenvalue weighted by Crippen LogP contribution is 2.09. The highest BCUT2D eigenvalue weighted by Gasteiger charge is 2.03. The van der Waals surface area contributed by atoms with E-state index in [1.165, 1.54) is 7.11 Å². The predicted octanol–water partition coefficient (Wildman–Crippen LogP) is 1.12. The predicted molar refractivity (Wildman–Crippen MR) is 57.2 cm³/mol. The smallest absolute Gasteiger partial charge is 0.305 e. The monoisotopic (exact) mass is 211 g/mol. The number of esters is 1. The number of hydrogen-bond donors (Lipinski definition) is 1. The molecule has 0 amide bonds. The molecule has 0 aromatic carbocycles. The Morgan fingerprint density at radius 1 is 1.60 bits per heavy atom. The SMILES string of the molecule is COC(=O)CCCCn1ncc(N)c1C. The van der Waals surface area contributed by atoms with Crippen molar-refractivity contribution in [3.63, 3.8) is 0 Å². The fraction of sp³-hybridized carbons (Fsp3) is 0.600. The van der Waals surface area contributed by atoms with Gasteiger partial charge in [-0.2, -0.15) is 5.10 Å². The van der Waals surface area contributed by atoms with Crippen LogP contribution in [0.1, 0.15) is 25.0 Å². The van der Waals surface area contributed by atoms with Crippen LogP contribution < -0.4 is 5.73 Å². The van der Waals surface area contributed by atoms with Crippen LogP contribution in [0, 0.1) is 6.92 Å². The normalized spacial score (nSPS) is 10.3. The largest absolute Gasteiger partial charge is 0.469 e. The number of nitrogens with zero attached hydrogens (tertiary/aromatic N) is 2. The molecule has 0 saturated heterocycles. The number of aromatic nitrogens is 2. The van der Waals surface area contributed by atoms with Crippen molar-refractivity contribution >= 4 is 11.7 Å². The zero-order chi connectivity index (χ0) is 11.3. The molecule has 0 saturated carbocycles. The van der Waals surface area contributed by atoms with Crippen molar-refractivity contribution in [2.75, 3.05) is 12.8 Å². The van der Waals surface area contributed by atoms with Gasteiger partial charge in [-0.05, 0) is 19.8 Å². The lowest BCUT2D eigenvalue weighted by molar-refractivity contribution is -0.140. The van der Waals surface area contributed by atoms with E-state index in [0.29, 0.717) is 12.1 Å². The van der Waals surface area contributed by atoms with Crippen LogP contribution >= 0.6 is 0 Å². The van der Waals surface area contributed by atoms with E-state index in [1.54, 1.807) is 6.20 Å². The average Bonchev–Trinajstić information content (AvgIpc) is 2.55. The van der Waals surface area contributed by atoms with E-state index in [9.17, 15) is 4.79 Å². The number of aryl methyl sites for hydroxylation is 1. The molecule has 1 aromatic heterocycles. The Hall–Kier alpha value is -1.52. The van der Waals surface area contributed by atoms with Crippen LogP contribution in [0.3, 0.4) is 0 Å². The third kappa shape index (κ3) is 3.27. The van der Waals surface area contributed by atoms with Crippen LogP contribution in [0.4, 0.5) is 5.69 Å². The van der Waals surface area contributed by atoms with Gasteiger partial charge in [-0.3, -0.25) is 9.48 Å². The molecule has 0 spiro atoms. The molecule has 1 rings (SSSR count). The van der Waals surface area contributed by atoms with Crippen molar-refractivity contribution in [1.82, 2.24) is 9.78 Å². The summed E-state index contributed by atoms with van der Waals surface area (Å²) in [5, 5.41) is 4.13. The van der Waals surface area contributed by atoms with Gasteiger partial charge in [0, 0.05) is 13.0 Å². The fourth-order valence-corrected chi connectivity index (χ4v) is 1.32. The maximum Gasteiger partial charge on any atom is 0.305 e. The molecule has 5 heteroatoms. The zero-order valence-corrected chi connectivity index (χ0v) is 9.19. The summed E-state index contributed by atoms with van der Waals surface area (Å²) in [6, 6.07) is 0. The maximum atomic E-state index is 10.8. The zero-order valence-electron chi connectivity index (χ0n) is 9.19. The number of rotatable bonds is 5. The fourth-order valence-electron chi connectivity index (χ4n) is 1.32. The first-order valence-electron chi connectivity index (χ1n) is 5.00. The molecule has 5 nitrogen and oxygen atoms in total. The van der Waals surface area contributed by atoms with Gasteiger partial charge in [0.25, 0.3) is 0 Å². The van der Waals surface area contributed by atoms with Crippen molar-refractivity contribution in [2.45, 2.75) is 32.7 Å². The molecule has 0 aliphatic rings. The summed E-state index contributed by atoms with van der Waals surface area (Å²) < 4.78 is 6.40. The van der Waals surface area contributed by atoms with Crippen molar-refractivity contribution in [1.29, 1.82) is 0 Å². The Morgan fingerprint density at radius 2 is 2.33 bits per heavy atom. The van der Waals surface area contributed by atoms with Gasteiger partial charge in [-0.25, -0.2) is 0 Å². The minimum absolute atomic E-state index is 0.160. The standard InChI is InChI=1S/C10H17N3O2/c1-8-9(11)7-12-13(8)6-4-3-5-10(14)15-2/h7H,3-6,11H2,1-2H3. The third-order valence-electron chi connectivity index (χ3n) is 2.37. The minimum atomic E-state index is -0.160. The molecule has 2 N–H and O–H groups in total. The molecule has 84 valence electrons. The molecule has 0 atom stereocenters. The summed E-state index contributed by atoms with van der Waals surface area (Å²) >= 11 is 0. The number of unbranched alkanes of at least 4 members (excludes halogenated alkanes) is 1. The highest BCUT2D eigenvalue weighted by molar-refractivity contribution is 5.68. The number of ether oxygens (including phenoxy) is 1. The lowest BCUT2D eigenvalue weighted by Gasteiger charge is -2.03. The van der Waals surface area contributed by atoms with Crippen LogP contribution in [-0.4, -0.2) is 22.9 Å². The number of methoxy groups -OCH3 is 1. The van der Waals surface area contributed by atoms with E-state index in [4.69, 9.17) is 5.73 Å². The average molecular weight is 211 g/mol. The second-order valence-corrected chi connectivity index (χ2v) is 3.44. The van der Waals surface area contributed by atoms with Crippen LogP contribution in [0.2, 0.25) is 0 Å². The molecule has 1 heterocycles. The van der Waals surface area contributed by atoms with E-state index in [-0.39, 0.29) is 5.97 Å². The van der Waals surface area contributed by atoms with Gasteiger partial charge in [0.05, 0.1) is 24.7 Å². The minimum Gasteiger partial charge on any atom is -0.469 e. The lowest BCUT2D eigenvalue weighted by atomic mass is 10.2. The number of nitrogens with two attached hydrogens (primary N) is 1. The van der Waals surface area contributed by atoms with Crippen LogP contribution in [0.15, 0.2) is 6.20 Å². The first kappa shape index (κ1) is 11.6. The number of hydrogen-bond acceptors (Lipinski definition) is 4. The number of carbonyl (C=O) groups excluding carboxylic acids is 1.